The van der Waals surface area contributed by atoms with Gasteiger partial charge in [0.15, 0.2) is 9.84 Å². The zero-order valence-corrected chi connectivity index (χ0v) is 12.2. The SMILES string of the molecule is NCC(F)(F)CNC(=O)c1ccc(S(=O)(=O)CC(N)=O)cc1. The van der Waals surface area contributed by atoms with Crippen molar-refractivity contribution < 1.29 is 26.8 Å². The summed E-state index contributed by atoms with van der Waals surface area (Å²) in [6.45, 7) is -1.83. The van der Waals surface area contributed by atoms with Crippen LogP contribution in [-0.4, -0.2) is 45.0 Å². The van der Waals surface area contributed by atoms with Crippen molar-refractivity contribution >= 4 is 21.7 Å². The Morgan fingerprint density at radius 3 is 2.18 bits per heavy atom. The number of carbonyl (C=O) groups is 2. The number of benzene rings is 1. The van der Waals surface area contributed by atoms with Gasteiger partial charge in [-0.2, -0.15) is 0 Å². The Hall–Kier alpha value is -2.07. The van der Waals surface area contributed by atoms with Gasteiger partial charge < -0.3 is 16.8 Å². The van der Waals surface area contributed by atoms with E-state index in [2.05, 4.69) is 0 Å². The van der Waals surface area contributed by atoms with Crippen molar-refractivity contribution in [2.45, 2.75) is 10.8 Å². The first-order chi connectivity index (χ1) is 10.1. The van der Waals surface area contributed by atoms with Crippen LogP contribution in [0.5, 0.6) is 0 Å². The lowest BCUT2D eigenvalue weighted by atomic mass is 10.2. The van der Waals surface area contributed by atoms with Crippen LogP contribution in [0.15, 0.2) is 29.2 Å². The van der Waals surface area contributed by atoms with Crippen LogP contribution in [0.3, 0.4) is 0 Å². The topological polar surface area (TPSA) is 132 Å². The van der Waals surface area contributed by atoms with Crippen molar-refractivity contribution in [3.8, 4) is 0 Å². The van der Waals surface area contributed by atoms with E-state index < -0.39 is 46.4 Å². The van der Waals surface area contributed by atoms with Gasteiger partial charge in [-0.25, -0.2) is 17.2 Å². The van der Waals surface area contributed by atoms with Crippen LogP contribution in [0, 0.1) is 0 Å². The molecule has 0 fully saturated rings. The molecule has 0 aliphatic heterocycles. The Labute approximate surface area is 125 Å². The molecule has 122 valence electrons. The summed E-state index contributed by atoms with van der Waals surface area (Å²) in [5.74, 6) is -5.89. The van der Waals surface area contributed by atoms with Crippen LogP contribution in [0.25, 0.3) is 0 Å². The first-order valence-corrected chi connectivity index (χ1v) is 7.70. The van der Waals surface area contributed by atoms with Gasteiger partial charge >= 0.3 is 0 Å². The van der Waals surface area contributed by atoms with E-state index in [1.54, 1.807) is 0 Å². The number of hydrogen-bond acceptors (Lipinski definition) is 5. The number of halogens is 2. The maximum absolute atomic E-state index is 12.9. The van der Waals surface area contributed by atoms with E-state index in [1.807, 2.05) is 5.32 Å². The zero-order chi connectivity index (χ0) is 17.0. The maximum atomic E-state index is 12.9. The summed E-state index contributed by atoms with van der Waals surface area (Å²) in [7, 11) is -3.88. The molecule has 0 aliphatic carbocycles. The van der Waals surface area contributed by atoms with E-state index in [1.165, 1.54) is 0 Å². The average molecular weight is 335 g/mol. The third kappa shape index (κ3) is 5.04. The molecule has 5 N–H and O–H groups in total. The minimum absolute atomic E-state index is 0.00848. The molecule has 0 saturated carbocycles. The fourth-order valence-corrected chi connectivity index (χ4v) is 2.56. The Morgan fingerprint density at radius 1 is 1.18 bits per heavy atom. The first kappa shape index (κ1) is 18.0. The van der Waals surface area contributed by atoms with E-state index in [0.717, 1.165) is 24.3 Å². The minimum atomic E-state index is -3.88. The fraction of sp³-hybridized carbons (Fsp3) is 0.333. The zero-order valence-electron chi connectivity index (χ0n) is 11.4. The second-order valence-corrected chi connectivity index (χ2v) is 6.48. The van der Waals surface area contributed by atoms with Crippen LogP contribution < -0.4 is 16.8 Å². The number of amides is 2. The fourth-order valence-electron chi connectivity index (χ4n) is 1.47. The van der Waals surface area contributed by atoms with E-state index in [-0.39, 0.29) is 10.5 Å². The molecule has 0 bridgehead atoms. The summed E-state index contributed by atoms with van der Waals surface area (Å²) in [6, 6.07) is 4.47. The molecule has 0 aliphatic rings. The number of rotatable bonds is 7. The van der Waals surface area contributed by atoms with Crippen LogP contribution in [0.4, 0.5) is 8.78 Å². The molecule has 0 atom stereocenters. The summed E-state index contributed by atoms with van der Waals surface area (Å²) >= 11 is 0. The van der Waals surface area contributed by atoms with Crippen molar-refractivity contribution in [1.82, 2.24) is 5.32 Å². The molecule has 2 amide bonds. The Balaban J connectivity index is 2.81. The van der Waals surface area contributed by atoms with Gasteiger partial charge in [-0.1, -0.05) is 0 Å². The highest BCUT2D eigenvalue weighted by Crippen LogP contribution is 2.13. The molecule has 22 heavy (non-hydrogen) atoms. The quantitative estimate of drug-likeness (QED) is 0.604. The summed E-state index contributed by atoms with van der Waals surface area (Å²) in [5, 5.41) is 1.99. The van der Waals surface area contributed by atoms with Gasteiger partial charge in [0.2, 0.25) is 5.91 Å². The molecular weight excluding hydrogens is 320 g/mol. The largest absolute Gasteiger partial charge is 0.369 e. The number of nitrogens with two attached hydrogens (primary N) is 2. The van der Waals surface area contributed by atoms with Crippen LogP contribution in [0.2, 0.25) is 0 Å². The smallest absolute Gasteiger partial charge is 0.277 e. The van der Waals surface area contributed by atoms with Crippen LogP contribution in [-0.2, 0) is 14.6 Å². The van der Waals surface area contributed by atoms with Gasteiger partial charge in [0.05, 0.1) is 18.0 Å². The molecule has 0 radical (unpaired) electrons. The number of nitrogens with one attached hydrogen (secondary N) is 1. The molecule has 10 heteroatoms. The molecule has 0 spiro atoms. The highest BCUT2D eigenvalue weighted by Gasteiger charge is 2.27. The number of sulfone groups is 1. The third-order valence-corrected chi connectivity index (χ3v) is 4.27. The average Bonchev–Trinajstić information content (AvgIpc) is 2.43. The maximum Gasteiger partial charge on any atom is 0.277 e. The van der Waals surface area contributed by atoms with Gasteiger partial charge in [-0.15, -0.1) is 0 Å². The molecule has 0 heterocycles. The molecule has 0 aromatic heterocycles. The predicted molar refractivity (Wildman–Crippen MR) is 74.0 cm³/mol. The van der Waals surface area contributed by atoms with Gasteiger partial charge in [-0.05, 0) is 24.3 Å². The van der Waals surface area contributed by atoms with E-state index in [4.69, 9.17) is 11.5 Å². The second kappa shape index (κ2) is 6.79. The van der Waals surface area contributed by atoms with Crippen molar-refractivity contribution in [1.29, 1.82) is 0 Å². The predicted octanol–water partition coefficient (Wildman–Crippen LogP) is -0.731. The lowest BCUT2D eigenvalue weighted by molar-refractivity contribution is -0.115. The highest BCUT2D eigenvalue weighted by atomic mass is 32.2. The van der Waals surface area contributed by atoms with E-state index in [0.29, 0.717) is 0 Å². The number of carbonyl (C=O) groups excluding carboxylic acids is 2. The van der Waals surface area contributed by atoms with Crippen LogP contribution >= 0.6 is 0 Å². The second-order valence-electron chi connectivity index (χ2n) is 4.49. The summed E-state index contributed by atoms with van der Waals surface area (Å²) in [6.07, 6.45) is 0. The number of hydrogen-bond donors (Lipinski definition) is 3. The van der Waals surface area contributed by atoms with Gasteiger partial charge in [0.25, 0.3) is 11.8 Å². The molecule has 1 aromatic carbocycles. The van der Waals surface area contributed by atoms with Crippen molar-refractivity contribution in [3.63, 3.8) is 0 Å². The Morgan fingerprint density at radius 2 is 1.73 bits per heavy atom. The molecule has 1 rings (SSSR count). The van der Waals surface area contributed by atoms with Gasteiger partial charge in [0.1, 0.15) is 5.75 Å². The molecular formula is C12H15F2N3O4S. The third-order valence-electron chi connectivity index (χ3n) is 2.61. The van der Waals surface area contributed by atoms with Crippen molar-refractivity contribution in [2.24, 2.45) is 11.5 Å². The molecule has 0 unspecified atom stereocenters. The Bertz CT molecular complexity index is 659. The van der Waals surface area contributed by atoms with E-state index in [9.17, 15) is 26.8 Å². The first-order valence-electron chi connectivity index (χ1n) is 6.04. The monoisotopic (exact) mass is 335 g/mol. The summed E-state index contributed by atoms with van der Waals surface area (Å²) in [5.41, 5.74) is 9.65. The molecule has 1 aromatic rings. The lowest BCUT2D eigenvalue weighted by Gasteiger charge is -2.14. The molecule has 7 nitrogen and oxygen atoms in total. The summed E-state index contributed by atoms with van der Waals surface area (Å²) < 4.78 is 49.2. The Kier molecular flexibility index (Phi) is 5.55. The van der Waals surface area contributed by atoms with Crippen molar-refractivity contribution in [2.75, 3.05) is 18.8 Å². The van der Waals surface area contributed by atoms with E-state index >= 15 is 0 Å². The molecule has 0 saturated heterocycles. The number of alkyl halides is 2. The summed E-state index contributed by atoms with van der Waals surface area (Å²) in [4.78, 5) is 22.1. The van der Waals surface area contributed by atoms with Gasteiger partial charge in [0, 0.05) is 5.56 Å². The highest BCUT2D eigenvalue weighted by molar-refractivity contribution is 7.92. The van der Waals surface area contributed by atoms with Gasteiger partial charge in [-0.3, -0.25) is 9.59 Å². The van der Waals surface area contributed by atoms with Crippen LogP contribution in [0.1, 0.15) is 10.4 Å². The lowest BCUT2D eigenvalue weighted by Crippen LogP contribution is -2.41. The number of primary amides is 1. The minimum Gasteiger partial charge on any atom is -0.369 e. The standard InChI is InChI=1S/C12H15F2N3O4S/c13-12(14,6-15)7-17-11(19)8-1-3-9(4-2-8)22(20,21)5-10(16)18/h1-4H,5-7,15H2,(H2,16,18)(H,17,19). The normalized spacial score (nSPS) is 12.0. The van der Waals surface area contributed by atoms with Crippen molar-refractivity contribution in [3.05, 3.63) is 29.8 Å².